The molecule has 0 spiro atoms. The van der Waals surface area contributed by atoms with Crippen LogP contribution in [0.5, 0.6) is 11.5 Å². The molecule has 1 aromatic carbocycles. The van der Waals surface area contributed by atoms with Crippen molar-refractivity contribution in [2.75, 3.05) is 14.2 Å². The van der Waals surface area contributed by atoms with Crippen molar-refractivity contribution in [1.29, 1.82) is 0 Å². The lowest BCUT2D eigenvalue weighted by atomic mass is 9.63. The summed E-state index contributed by atoms with van der Waals surface area (Å²) in [5.74, 6) is -0.0422. The molecular formula is C20H19NO5. The highest BCUT2D eigenvalue weighted by Crippen LogP contribution is 2.65. The monoisotopic (exact) mass is 353 g/mol. The van der Waals surface area contributed by atoms with Crippen molar-refractivity contribution in [3.63, 3.8) is 0 Å². The van der Waals surface area contributed by atoms with Gasteiger partial charge in [-0.25, -0.2) is 4.90 Å². The van der Waals surface area contributed by atoms with Crippen LogP contribution in [0.2, 0.25) is 0 Å². The molecule has 4 aliphatic carbocycles. The lowest BCUT2D eigenvalue weighted by Gasteiger charge is -2.37. The van der Waals surface area contributed by atoms with Crippen molar-refractivity contribution < 1.29 is 23.9 Å². The smallest absolute Gasteiger partial charge is 0.271 e. The number of carbonyl (C=O) groups excluding carboxylic acids is 3. The highest BCUT2D eigenvalue weighted by Gasteiger charge is 2.67. The van der Waals surface area contributed by atoms with Crippen LogP contribution in [0.4, 0.5) is 0 Å². The Morgan fingerprint density at radius 2 is 1.62 bits per heavy atom. The first-order valence-electron chi connectivity index (χ1n) is 8.89. The average Bonchev–Trinajstić information content (AvgIpc) is 3.44. The van der Waals surface area contributed by atoms with Gasteiger partial charge in [-0.05, 0) is 42.2 Å². The first-order chi connectivity index (χ1) is 12.6. The molecule has 134 valence electrons. The maximum atomic E-state index is 13.1. The average molecular weight is 353 g/mol. The molecule has 2 bridgehead atoms. The van der Waals surface area contributed by atoms with E-state index in [1.165, 1.54) is 20.3 Å². The summed E-state index contributed by atoms with van der Waals surface area (Å²) >= 11 is 0. The van der Waals surface area contributed by atoms with Gasteiger partial charge in [0.25, 0.3) is 5.91 Å². The summed E-state index contributed by atoms with van der Waals surface area (Å²) in [5, 5.41) is 0. The Kier molecular flexibility index (Phi) is 3.12. The Morgan fingerprint density at radius 3 is 2.15 bits per heavy atom. The van der Waals surface area contributed by atoms with Crippen LogP contribution in [-0.4, -0.2) is 36.8 Å². The quantitative estimate of drug-likeness (QED) is 0.613. The molecule has 1 aliphatic heterocycles. The highest BCUT2D eigenvalue weighted by molar-refractivity contribution is 6.22. The number of ether oxygens (including phenoxy) is 2. The normalized spacial score (nSPS) is 36.0. The van der Waals surface area contributed by atoms with Gasteiger partial charge in [0, 0.05) is 6.07 Å². The molecule has 6 heteroatoms. The number of carbonyl (C=O) groups is 3. The third kappa shape index (κ3) is 1.84. The van der Waals surface area contributed by atoms with Gasteiger partial charge in [0.05, 0.1) is 31.6 Å². The van der Waals surface area contributed by atoms with Crippen LogP contribution in [0.1, 0.15) is 16.8 Å². The maximum Gasteiger partial charge on any atom is 0.271 e. The second-order valence-electron chi connectivity index (χ2n) is 7.54. The lowest BCUT2D eigenvalue weighted by molar-refractivity contribution is -0.136. The Hall–Kier alpha value is -2.63. The van der Waals surface area contributed by atoms with Crippen molar-refractivity contribution in [2.45, 2.75) is 6.42 Å². The van der Waals surface area contributed by atoms with Crippen LogP contribution < -0.4 is 9.47 Å². The fraction of sp³-hybridized carbons (Fsp3) is 0.450. The van der Waals surface area contributed by atoms with Gasteiger partial charge in [-0.3, -0.25) is 14.4 Å². The van der Waals surface area contributed by atoms with E-state index in [0.717, 1.165) is 11.3 Å². The summed E-state index contributed by atoms with van der Waals surface area (Å²) in [7, 11) is 2.96. The van der Waals surface area contributed by atoms with Crippen LogP contribution in [0, 0.1) is 35.5 Å². The van der Waals surface area contributed by atoms with E-state index in [-0.39, 0.29) is 46.8 Å². The van der Waals surface area contributed by atoms with Crippen LogP contribution in [-0.2, 0) is 9.59 Å². The zero-order chi connectivity index (χ0) is 18.2. The largest absolute Gasteiger partial charge is 0.497 e. The molecular weight excluding hydrogens is 334 g/mol. The van der Waals surface area contributed by atoms with Crippen molar-refractivity contribution in [3.8, 4) is 11.5 Å². The fourth-order valence-corrected chi connectivity index (χ4v) is 5.25. The van der Waals surface area contributed by atoms with Crippen LogP contribution >= 0.6 is 0 Å². The third-order valence-corrected chi connectivity index (χ3v) is 6.50. The first kappa shape index (κ1) is 15.6. The summed E-state index contributed by atoms with van der Waals surface area (Å²) in [6.07, 6.45) is 5.27. The Labute approximate surface area is 150 Å². The Morgan fingerprint density at radius 1 is 1.00 bits per heavy atom. The van der Waals surface area contributed by atoms with Crippen molar-refractivity contribution in [2.24, 2.45) is 35.5 Å². The molecule has 0 radical (unpaired) electrons. The Balaban J connectivity index is 1.51. The van der Waals surface area contributed by atoms with Gasteiger partial charge in [0.2, 0.25) is 11.8 Å². The number of likely N-dealkylation sites (tertiary alicyclic amines) is 1. The maximum absolute atomic E-state index is 13.1. The molecule has 3 amide bonds. The van der Waals surface area contributed by atoms with E-state index in [1.807, 2.05) is 0 Å². The molecule has 6 nitrogen and oxygen atoms in total. The van der Waals surface area contributed by atoms with E-state index in [1.54, 1.807) is 12.1 Å². The van der Waals surface area contributed by atoms with Gasteiger partial charge >= 0.3 is 0 Å². The molecule has 5 aliphatic rings. The van der Waals surface area contributed by atoms with Crippen molar-refractivity contribution in [1.82, 2.24) is 4.90 Å². The van der Waals surface area contributed by atoms with Gasteiger partial charge < -0.3 is 9.47 Å². The number of hydrogen-bond acceptors (Lipinski definition) is 5. The summed E-state index contributed by atoms with van der Waals surface area (Å²) in [6.45, 7) is 0. The van der Waals surface area contributed by atoms with Gasteiger partial charge in [-0.2, -0.15) is 0 Å². The molecule has 3 fully saturated rings. The standard InChI is InChI=1S/C20H19NO5/c1-25-9-3-4-12(15(7-9)26-2)18(22)21-19(23)16-10-5-6-11(14-8-13(10)14)17(16)20(21)24/h3-7,10-11,13-14,16-17H,8H2,1-2H3/t10-,11-,13-,14+,16+,17+/m0/s1. The minimum Gasteiger partial charge on any atom is -0.497 e. The van der Waals surface area contributed by atoms with Gasteiger partial charge in [0.1, 0.15) is 11.5 Å². The van der Waals surface area contributed by atoms with E-state index in [9.17, 15) is 14.4 Å². The number of hydrogen-bond donors (Lipinski definition) is 0. The fourth-order valence-electron chi connectivity index (χ4n) is 5.25. The van der Waals surface area contributed by atoms with Gasteiger partial charge in [-0.1, -0.05) is 12.2 Å². The van der Waals surface area contributed by atoms with Crippen LogP contribution in [0.15, 0.2) is 30.4 Å². The zero-order valence-electron chi connectivity index (χ0n) is 14.5. The Bertz CT molecular complexity index is 839. The highest BCUT2D eigenvalue weighted by atomic mass is 16.5. The molecule has 0 N–H and O–H groups in total. The molecule has 1 aromatic rings. The number of imide groups is 3. The summed E-state index contributed by atoms with van der Waals surface area (Å²) in [5.41, 5.74) is 0.194. The molecule has 6 atom stereocenters. The summed E-state index contributed by atoms with van der Waals surface area (Å²) in [6, 6.07) is 4.73. The third-order valence-electron chi connectivity index (χ3n) is 6.50. The minimum absolute atomic E-state index is 0.0991. The number of rotatable bonds is 3. The van der Waals surface area contributed by atoms with E-state index < -0.39 is 5.91 Å². The topological polar surface area (TPSA) is 72.9 Å². The predicted octanol–water partition coefficient (Wildman–Crippen LogP) is 1.90. The molecule has 1 saturated heterocycles. The molecule has 0 unspecified atom stereocenters. The number of nitrogens with zero attached hydrogens (tertiary/aromatic N) is 1. The number of allylic oxidation sites excluding steroid dienone is 2. The number of methoxy groups -OCH3 is 2. The van der Waals surface area contributed by atoms with Crippen LogP contribution in [0.3, 0.4) is 0 Å². The second-order valence-corrected chi connectivity index (χ2v) is 7.54. The zero-order valence-corrected chi connectivity index (χ0v) is 14.5. The number of amides is 3. The van der Waals surface area contributed by atoms with Crippen molar-refractivity contribution in [3.05, 3.63) is 35.9 Å². The van der Waals surface area contributed by atoms with E-state index in [4.69, 9.17) is 9.47 Å². The van der Waals surface area contributed by atoms with Crippen LogP contribution in [0.25, 0.3) is 0 Å². The first-order valence-corrected chi connectivity index (χ1v) is 8.89. The molecule has 0 aromatic heterocycles. The van der Waals surface area contributed by atoms with E-state index in [2.05, 4.69) is 12.2 Å². The van der Waals surface area contributed by atoms with Gasteiger partial charge in [-0.15, -0.1) is 0 Å². The summed E-state index contributed by atoms with van der Waals surface area (Å²) in [4.78, 5) is 40.0. The minimum atomic E-state index is -0.609. The van der Waals surface area contributed by atoms with E-state index >= 15 is 0 Å². The molecule has 1 heterocycles. The lowest BCUT2D eigenvalue weighted by Crippen LogP contribution is -2.40. The molecule has 2 saturated carbocycles. The molecule has 6 rings (SSSR count). The van der Waals surface area contributed by atoms with E-state index in [0.29, 0.717) is 17.6 Å². The van der Waals surface area contributed by atoms with Gasteiger partial charge in [0.15, 0.2) is 0 Å². The summed E-state index contributed by atoms with van der Waals surface area (Å²) < 4.78 is 10.4. The SMILES string of the molecule is COc1ccc(C(=O)N2C(=O)[C@@H]3[C@H]4C=C[C@@H]([C@@H]5C[C@H]45)[C@H]3C2=O)c(OC)c1. The predicted molar refractivity (Wildman–Crippen MR) is 90.4 cm³/mol. The number of benzene rings is 1. The molecule has 26 heavy (non-hydrogen) atoms. The van der Waals surface area contributed by atoms with Crippen molar-refractivity contribution >= 4 is 17.7 Å². The second kappa shape index (κ2) is 5.19.